The molecule has 12 heteroatoms. The van der Waals surface area contributed by atoms with E-state index in [9.17, 15) is 28.9 Å². The Morgan fingerprint density at radius 1 is 0.439 bits per heavy atom. The number of hydrogen-bond donors (Lipinski definition) is 2. The molecule has 0 heterocycles. The van der Waals surface area contributed by atoms with Crippen molar-refractivity contribution in [2.75, 3.05) is 26.4 Å². The molecule has 0 aromatic rings. The summed E-state index contributed by atoms with van der Waals surface area (Å²) in [6.07, 6.45) is 48.3. The van der Waals surface area contributed by atoms with Crippen molar-refractivity contribution >= 4 is 25.7 Å². The second kappa shape index (κ2) is 49.1. The van der Waals surface area contributed by atoms with Crippen LogP contribution >= 0.6 is 7.82 Å². The number of hydrogen-bond acceptors (Lipinski definition) is 10. The summed E-state index contributed by atoms with van der Waals surface area (Å²) in [6.45, 7) is 4.51. The molecule has 0 aliphatic rings. The first kappa shape index (κ1) is 63.7. The quantitative estimate of drug-likeness (QED) is 0.0197. The Bertz CT molecular complexity index is 1250. The van der Waals surface area contributed by atoms with Gasteiger partial charge in [0, 0.05) is 19.3 Å². The Balaban J connectivity index is 4.66. The molecule has 0 saturated heterocycles. The van der Waals surface area contributed by atoms with Crippen LogP contribution in [-0.4, -0.2) is 66.5 Å². The van der Waals surface area contributed by atoms with Gasteiger partial charge >= 0.3 is 25.7 Å². The van der Waals surface area contributed by atoms with E-state index in [1.807, 2.05) is 0 Å². The van der Waals surface area contributed by atoms with Crippen LogP contribution in [0.25, 0.3) is 0 Å². The van der Waals surface area contributed by atoms with E-state index in [2.05, 4.69) is 57.2 Å². The summed E-state index contributed by atoms with van der Waals surface area (Å²) in [6, 6.07) is 0. The Morgan fingerprint density at radius 2 is 0.788 bits per heavy atom. The number of ether oxygens (including phenoxy) is 3. The normalized spacial score (nSPS) is 13.7. The molecule has 0 aliphatic heterocycles. The van der Waals surface area contributed by atoms with Crippen molar-refractivity contribution in [1.82, 2.24) is 0 Å². The van der Waals surface area contributed by atoms with Crippen molar-refractivity contribution < 1.29 is 52.2 Å². The molecule has 0 spiro atoms. The zero-order valence-electron chi connectivity index (χ0n) is 42.4. The van der Waals surface area contributed by atoms with Crippen LogP contribution in [0, 0.1) is 0 Å². The highest BCUT2D eigenvalue weighted by Crippen LogP contribution is 2.43. The number of phosphoric acid groups is 1. The average Bonchev–Trinajstić information content (AvgIpc) is 3.30. The minimum Gasteiger partial charge on any atom is -0.462 e. The number of allylic oxidation sites excluding steroid dienone is 6. The minimum atomic E-state index is -4.74. The lowest BCUT2D eigenvalue weighted by Crippen LogP contribution is -2.30. The number of aliphatic hydroxyl groups is 1. The fraction of sp³-hybridized carbons (Fsp3) is 0.833. The van der Waals surface area contributed by atoms with Gasteiger partial charge in [0.1, 0.15) is 12.7 Å². The Hall–Kier alpha value is -2.30. The van der Waals surface area contributed by atoms with E-state index in [0.29, 0.717) is 19.3 Å². The molecule has 386 valence electrons. The van der Waals surface area contributed by atoms with E-state index >= 15 is 0 Å². The van der Waals surface area contributed by atoms with Crippen LogP contribution in [-0.2, 0) is 42.2 Å². The lowest BCUT2D eigenvalue weighted by atomic mass is 10.0. The molecule has 0 bridgehead atoms. The molecule has 0 aromatic heterocycles. The van der Waals surface area contributed by atoms with Gasteiger partial charge in [-0.25, -0.2) is 4.57 Å². The van der Waals surface area contributed by atoms with E-state index < -0.39 is 57.8 Å². The van der Waals surface area contributed by atoms with Crippen LogP contribution in [0.3, 0.4) is 0 Å². The van der Waals surface area contributed by atoms with Crippen molar-refractivity contribution in [3.05, 3.63) is 36.5 Å². The summed E-state index contributed by atoms with van der Waals surface area (Å²) in [5.41, 5.74) is 0. The van der Waals surface area contributed by atoms with E-state index in [0.717, 1.165) is 89.9 Å². The molecule has 0 radical (unpaired) electrons. The van der Waals surface area contributed by atoms with E-state index in [1.54, 1.807) is 0 Å². The highest BCUT2D eigenvalue weighted by molar-refractivity contribution is 7.47. The highest BCUT2D eigenvalue weighted by Gasteiger charge is 2.28. The maximum atomic E-state index is 12.8. The van der Waals surface area contributed by atoms with E-state index in [-0.39, 0.29) is 25.9 Å². The molecule has 0 saturated carbocycles. The summed E-state index contributed by atoms with van der Waals surface area (Å²) >= 11 is 0. The van der Waals surface area contributed by atoms with E-state index in [1.165, 1.54) is 103 Å². The third kappa shape index (κ3) is 46.8. The van der Waals surface area contributed by atoms with Gasteiger partial charge in [0.15, 0.2) is 6.10 Å². The first-order chi connectivity index (χ1) is 32.2. The second-order valence-electron chi connectivity index (χ2n) is 18.0. The van der Waals surface area contributed by atoms with Gasteiger partial charge < -0.3 is 24.2 Å². The number of esters is 3. The van der Waals surface area contributed by atoms with Gasteiger partial charge in [-0.15, -0.1) is 0 Å². The average molecular weight is 955 g/mol. The first-order valence-electron chi connectivity index (χ1n) is 26.9. The molecule has 0 amide bonds. The fourth-order valence-corrected chi connectivity index (χ4v) is 8.27. The van der Waals surface area contributed by atoms with Crippen LogP contribution in [0.15, 0.2) is 36.5 Å². The van der Waals surface area contributed by atoms with Crippen LogP contribution < -0.4 is 0 Å². The van der Waals surface area contributed by atoms with Crippen LogP contribution in [0.5, 0.6) is 0 Å². The zero-order valence-corrected chi connectivity index (χ0v) is 43.3. The van der Waals surface area contributed by atoms with Gasteiger partial charge in [-0.2, -0.15) is 0 Å². The van der Waals surface area contributed by atoms with Crippen molar-refractivity contribution in [3.8, 4) is 0 Å². The predicted octanol–water partition coefficient (Wildman–Crippen LogP) is 15.3. The molecular formula is C54H99O11P. The molecule has 0 rings (SSSR count). The van der Waals surface area contributed by atoms with Gasteiger partial charge in [0.05, 0.1) is 19.8 Å². The number of aliphatic hydroxyl groups excluding tert-OH is 1. The number of unbranched alkanes of at least 4 members (excludes halogenated alkanes) is 27. The summed E-state index contributed by atoms with van der Waals surface area (Å²) in [5, 5.41) is 9.78. The third-order valence-corrected chi connectivity index (χ3v) is 12.5. The summed E-state index contributed by atoms with van der Waals surface area (Å²) < 4.78 is 39.3. The smallest absolute Gasteiger partial charge is 0.462 e. The topological polar surface area (TPSA) is 155 Å². The monoisotopic (exact) mass is 955 g/mol. The second-order valence-corrected chi connectivity index (χ2v) is 19.5. The largest absolute Gasteiger partial charge is 0.472 e. The molecule has 11 nitrogen and oxygen atoms in total. The van der Waals surface area contributed by atoms with Crippen molar-refractivity contribution in [1.29, 1.82) is 0 Å². The lowest BCUT2D eigenvalue weighted by Gasteiger charge is -2.21. The van der Waals surface area contributed by atoms with Crippen LogP contribution in [0.2, 0.25) is 0 Å². The Labute approximate surface area is 403 Å². The van der Waals surface area contributed by atoms with Gasteiger partial charge in [-0.3, -0.25) is 23.4 Å². The summed E-state index contributed by atoms with van der Waals surface area (Å²) in [7, 11) is -4.74. The lowest BCUT2D eigenvalue weighted by molar-refractivity contribution is -0.161. The molecule has 2 N–H and O–H groups in total. The molecule has 66 heavy (non-hydrogen) atoms. The van der Waals surface area contributed by atoms with Crippen LogP contribution in [0.1, 0.15) is 252 Å². The zero-order chi connectivity index (χ0) is 48.4. The fourth-order valence-electron chi connectivity index (χ4n) is 7.49. The van der Waals surface area contributed by atoms with Gasteiger partial charge in [0.2, 0.25) is 0 Å². The standard InChI is InChI=1S/C54H99O11P/c1-4-7-10-13-16-19-21-23-25-27-29-32-35-38-41-44-53(57)64-50(46-55)48-62-66(59,60)63-49-51(47-61-52(56)43-40-37-34-31-18-15-12-9-6-3)65-54(58)45-42-39-36-33-30-28-26-24-22-20-17-14-11-8-5-2/h8,11,17,20,24,26,50-51,55H,4-7,9-10,12-16,18-19,21-23,25,27-49H2,1-3H3,(H,59,60)/b11-8-,20-17-,26-24-. The van der Waals surface area contributed by atoms with Gasteiger partial charge in [-0.1, -0.05) is 218 Å². The van der Waals surface area contributed by atoms with Gasteiger partial charge in [0.25, 0.3) is 0 Å². The Kier molecular flexibility index (Phi) is 47.4. The van der Waals surface area contributed by atoms with Crippen molar-refractivity contribution in [3.63, 3.8) is 0 Å². The number of phosphoric ester groups is 1. The third-order valence-electron chi connectivity index (χ3n) is 11.6. The van der Waals surface area contributed by atoms with Crippen LogP contribution in [0.4, 0.5) is 0 Å². The van der Waals surface area contributed by atoms with Crippen molar-refractivity contribution in [2.45, 2.75) is 264 Å². The summed E-state index contributed by atoms with van der Waals surface area (Å²) in [4.78, 5) is 48.3. The number of carbonyl (C=O) groups excluding carboxylic acids is 3. The highest BCUT2D eigenvalue weighted by atomic mass is 31.2. The first-order valence-corrected chi connectivity index (χ1v) is 28.4. The molecular weight excluding hydrogens is 856 g/mol. The van der Waals surface area contributed by atoms with Crippen molar-refractivity contribution in [2.24, 2.45) is 0 Å². The number of carbonyl (C=O) groups is 3. The SMILES string of the molecule is CC/C=C\C/C=C\C/C=C\CCCCCCCC(=O)OC(COC(=O)CCCCCCCCCCC)COP(=O)(O)OCC(CO)OC(=O)CCCCCCCCCCCCCCCCC. The molecule has 3 unspecified atom stereocenters. The van der Waals surface area contributed by atoms with Gasteiger partial charge in [-0.05, 0) is 51.4 Å². The predicted molar refractivity (Wildman–Crippen MR) is 270 cm³/mol. The molecule has 3 atom stereocenters. The number of rotatable bonds is 50. The molecule has 0 aromatic carbocycles. The van der Waals surface area contributed by atoms with E-state index in [4.69, 9.17) is 23.3 Å². The Morgan fingerprint density at radius 3 is 1.21 bits per heavy atom. The summed E-state index contributed by atoms with van der Waals surface area (Å²) in [5.74, 6) is -1.47. The molecule has 0 fully saturated rings. The maximum absolute atomic E-state index is 12.8. The maximum Gasteiger partial charge on any atom is 0.472 e. The molecule has 0 aliphatic carbocycles. The minimum absolute atomic E-state index is 0.152.